The number of hydrogen-bond acceptors (Lipinski definition) is 6. The van der Waals surface area contributed by atoms with Crippen molar-refractivity contribution in [3.63, 3.8) is 0 Å². The summed E-state index contributed by atoms with van der Waals surface area (Å²) in [6, 6.07) is 9.84. The van der Waals surface area contributed by atoms with Crippen LogP contribution >= 0.6 is 11.3 Å². The van der Waals surface area contributed by atoms with Crippen LogP contribution in [0.1, 0.15) is 10.7 Å². The Morgan fingerprint density at radius 1 is 1.10 bits per heavy atom. The molecule has 0 atom stereocenters. The summed E-state index contributed by atoms with van der Waals surface area (Å²) < 4.78 is 65.1. The Morgan fingerprint density at radius 2 is 1.71 bits per heavy atom. The van der Waals surface area contributed by atoms with Crippen molar-refractivity contribution in [2.45, 2.75) is 17.3 Å². The number of piperazine rings is 1. The van der Waals surface area contributed by atoms with Gasteiger partial charge in [-0.05, 0) is 19.1 Å². The summed E-state index contributed by atoms with van der Waals surface area (Å²) in [5.41, 5.74) is -0.308. The van der Waals surface area contributed by atoms with Crippen molar-refractivity contribution in [1.82, 2.24) is 14.2 Å². The van der Waals surface area contributed by atoms with E-state index in [4.69, 9.17) is 0 Å². The number of aryl methyl sites for hydroxylation is 1. The van der Waals surface area contributed by atoms with Crippen LogP contribution in [0.15, 0.2) is 34.5 Å². The molecule has 0 bridgehead atoms. The standard InChI is InChI=1S/C19H21F3N4O3S2/c1-13-23-16(19(20,21)22)18(30-13)31(28,29)26-11-14(12-26)17(27)25-9-7-24(8-10-25)15-5-3-2-4-6-15/h2-6,14H,7-12H2,1H3. The minimum absolute atomic E-state index is 0.0235. The lowest BCUT2D eigenvalue weighted by Gasteiger charge is -2.42. The number of nitrogens with zero attached hydrogens (tertiary/aromatic N) is 4. The molecular formula is C19H21F3N4O3S2. The number of amides is 1. The van der Waals surface area contributed by atoms with Gasteiger partial charge in [-0.3, -0.25) is 4.79 Å². The Hall–Kier alpha value is -2.18. The molecule has 12 heteroatoms. The average molecular weight is 475 g/mol. The maximum Gasteiger partial charge on any atom is 0.435 e. The Morgan fingerprint density at radius 3 is 2.29 bits per heavy atom. The van der Waals surface area contributed by atoms with Crippen LogP contribution in [0.3, 0.4) is 0 Å². The molecule has 0 N–H and O–H groups in total. The van der Waals surface area contributed by atoms with Gasteiger partial charge >= 0.3 is 6.18 Å². The van der Waals surface area contributed by atoms with Gasteiger partial charge in [0, 0.05) is 45.0 Å². The molecule has 0 aliphatic carbocycles. The Kier molecular flexibility index (Phi) is 5.73. The zero-order valence-corrected chi connectivity index (χ0v) is 18.3. The summed E-state index contributed by atoms with van der Waals surface area (Å²) in [5, 5.41) is 0.0235. The van der Waals surface area contributed by atoms with Crippen LogP contribution < -0.4 is 4.90 Å². The molecule has 7 nitrogen and oxygen atoms in total. The predicted molar refractivity (Wildman–Crippen MR) is 109 cm³/mol. The van der Waals surface area contributed by atoms with Crippen molar-refractivity contribution >= 4 is 33.0 Å². The highest BCUT2D eigenvalue weighted by atomic mass is 32.2. The van der Waals surface area contributed by atoms with Crippen LogP contribution in [0.25, 0.3) is 0 Å². The van der Waals surface area contributed by atoms with Crippen molar-refractivity contribution in [1.29, 1.82) is 0 Å². The number of carbonyl (C=O) groups excluding carboxylic acids is 1. The summed E-state index contributed by atoms with van der Waals surface area (Å²) in [6.45, 7) is 3.46. The average Bonchev–Trinajstić information content (AvgIpc) is 3.11. The van der Waals surface area contributed by atoms with E-state index in [-0.39, 0.29) is 24.0 Å². The summed E-state index contributed by atoms with van der Waals surface area (Å²) in [7, 11) is -4.35. The number of anilines is 1. The highest BCUT2D eigenvalue weighted by Gasteiger charge is 2.47. The first-order valence-corrected chi connectivity index (χ1v) is 12.0. The minimum atomic E-state index is -4.86. The SMILES string of the molecule is Cc1nc(C(F)(F)F)c(S(=O)(=O)N2CC(C(=O)N3CCN(c4ccccc4)CC3)C2)s1. The third kappa shape index (κ3) is 4.28. The van der Waals surface area contributed by atoms with Crippen LogP contribution in [-0.4, -0.2) is 67.8 Å². The first-order valence-electron chi connectivity index (χ1n) is 9.71. The molecule has 2 fully saturated rings. The van der Waals surface area contributed by atoms with Crippen LogP contribution in [0, 0.1) is 12.8 Å². The number of aromatic nitrogens is 1. The number of carbonyl (C=O) groups is 1. The number of sulfonamides is 1. The van der Waals surface area contributed by atoms with Gasteiger partial charge in [0.1, 0.15) is 0 Å². The van der Waals surface area contributed by atoms with E-state index in [9.17, 15) is 26.4 Å². The molecule has 1 amide bonds. The first kappa shape index (κ1) is 22.0. The van der Waals surface area contributed by atoms with E-state index in [1.807, 2.05) is 30.3 Å². The fourth-order valence-corrected chi connectivity index (χ4v) is 6.91. The summed E-state index contributed by atoms with van der Waals surface area (Å²) in [4.78, 5) is 20.0. The summed E-state index contributed by atoms with van der Waals surface area (Å²) in [5.74, 6) is -0.697. The van der Waals surface area contributed by atoms with Gasteiger partial charge in [-0.1, -0.05) is 18.2 Å². The number of hydrogen-bond donors (Lipinski definition) is 0. The third-order valence-electron chi connectivity index (χ3n) is 5.46. The molecule has 0 saturated carbocycles. The van der Waals surface area contributed by atoms with Gasteiger partial charge < -0.3 is 9.80 Å². The number of benzene rings is 1. The topological polar surface area (TPSA) is 73.8 Å². The maximum atomic E-state index is 13.2. The minimum Gasteiger partial charge on any atom is -0.368 e. The number of halogens is 3. The third-order valence-corrected chi connectivity index (χ3v) is 8.74. The molecule has 2 aliphatic rings. The van der Waals surface area contributed by atoms with Crippen molar-refractivity contribution in [2.24, 2.45) is 5.92 Å². The Bertz CT molecular complexity index is 1060. The number of para-hydroxylation sites is 1. The van der Waals surface area contributed by atoms with E-state index in [1.54, 1.807) is 4.90 Å². The molecule has 4 rings (SSSR count). The molecule has 3 heterocycles. The smallest absolute Gasteiger partial charge is 0.368 e. The van der Waals surface area contributed by atoms with E-state index in [0.29, 0.717) is 37.5 Å². The quantitative estimate of drug-likeness (QED) is 0.681. The van der Waals surface area contributed by atoms with E-state index in [0.717, 1.165) is 9.99 Å². The largest absolute Gasteiger partial charge is 0.435 e. The second-order valence-electron chi connectivity index (χ2n) is 7.53. The molecule has 31 heavy (non-hydrogen) atoms. The molecular weight excluding hydrogens is 453 g/mol. The van der Waals surface area contributed by atoms with E-state index >= 15 is 0 Å². The molecule has 168 valence electrons. The lowest BCUT2D eigenvalue weighted by molar-refractivity contribution is -0.143. The normalized spacial score (nSPS) is 18.8. The summed E-state index contributed by atoms with van der Waals surface area (Å²) in [6.07, 6.45) is -4.86. The molecule has 2 aromatic rings. The van der Waals surface area contributed by atoms with Gasteiger partial charge in [0.25, 0.3) is 10.0 Å². The van der Waals surface area contributed by atoms with Crippen LogP contribution in [-0.2, 0) is 21.0 Å². The zero-order chi connectivity index (χ0) is 22.4. The molecule has 0 unspecified atom stereocenters. The maximum absolute atomic E-state index is 13.2. The van der Waals surface area contributed by atoms with E-state index in [2.05, 4.69) is 9.88 Å². The molecule has 2 aliphatic heterocycles. The van der Waals surface area contributed by atoms with Crippen molar-refractivity contribution in [2.75, 3.05) is 44.2 Å². The second-order valence-corrected chi connectivity index (χ2v) is 10.9. The summed E-state index contributed by atoms with van der Waals surface area (Å²) >= 11 is 0.500. The zero-order valence-electron chi connectivity index (χ0n) is 16.7. The molecule has 2 saturated heterocycles. The van der Waals surface area contributed by atoms with Crippen molar-refractivity contribution < 1.29 is 26.4 Å². The number of thiazole rings is 1. The molecule has 1 aromatic carbocycles. The molecule has 1 aromatic heterocycles. The van der Waals surface area contributed by atoms with E-state index < -0.39 is 32.0 Å². The van der Waals surface area contributed by atoms with Gasteiger partial charge in [-0.15, -0.1) is 11.3 Å². The lowest BCUT2D eigenvalue weighted by atomic mass is 10.0. The fourth-order valence-electron chi connectivity index (χ4n) is 3.75. The molecule has 0 radical (unpaired) electrons. The van der Waals surface area contributed by atoms with Gasteiger partial charge in [0.2, 0.25) is 5.91 Å². The Balaban J connectivity index is 1.37. The highest BCUT2D eigenvalue weighted by Crippen LogP contribution is 2.39. The van der Waals surface area contributed by atoms with Crippen LogP contribution in [0.4, 0.5) is 18.9 Å². The predicted octanol–water partition coefficient (Wildman–Crippen LogP) is 2.44. The van der Waals surface area contributed by atoms with E-state index in [1.165, 1.54) is 6.92 Å². The van der Waals surface area contributed by atoms with Crippen LogP contribution in [0.2, 0.25) is 0 Å². The molecule has 0 spiro atoms. The van der Waals surface area contributed by atoms with Gasteiger partial charge in [0.05, 0.1) is 10.9 Å². The van der Waals surface area contributed by atoms with Gasteiger partial charge in [-0.25, -0.2) is 13.4 Å². The lowest BCUT2D eigenvalue weighted by Crippen LogP contribution is -2.59. The van der Waals surface area contributed by atoms with Crippen molar-refractivity contribution in [3.8, 4) is 0 Å². The fraction of sp³-hybridized carbons (Fsp3) is 0.474. The van der Waals surface area contributed by atoms with Gasteiger partial charge in [-0.2, -0.15) is 17.5 Å². The first-order chi connectivity index (χ1) is 14.6. The number of rotatable bonds is 4. The second kappa shape index (κ2) is 8.06. The number of alkyl halides is 3. The van der Waals surface area contributed by atoms with Crippen molar-refractivity contribution in [3.05, 3.63) is 41.0 Å². The highest BCUT2D eigenvalue weighted by molar-refractivity contribution is 7.91. The monoisotopic (exact) mass is 474 g/mol. The van der Waals surface area contributed by atoms with Crippen LogP contribution in [0.5, 0.6) is 0 Å². The Labute approximate surface area is 182 Å². The van der Waals surface area contributed by atoms with Gasteiger partial charge in [0.15, 0.2) is 9.90 Å².